The summed E-state index contributed by atoms with van der Waals surface area (Å²) in [5, 5.41) is 3.67. The fourth-order valence-corrected chi connectivity index (χ4v) is 3.72. The van der Waals surface area contributed by atoms with Gasteiger partial charge in [0.05, 0.1) is 0 Å². The summed E-state index contributed by atoms with van der Waals surface area (Å²) in [7, 11) is 2.18. The minimum absolute atomic E-state index is 0.412. The molecule has 1 unspecified atom stereocenters. The zero-order chi connectivity index (χ0) is 12.3. The maximum atomic E-state index is 3.67. The van der Waals surface area contributed by atoms with Gasteiger partial charge in [-0.05, 0) is 57.4 Å². The van der Waals surface area contributed by atoms with Crippen molar-refractivity contribution < 1.29 is 0 Å². The van der Waals surface area contributed by atoms with Gasteiger partial charge >= 0.3 is 0 Å². The van der Waals surface area contributed by atoms with E-state index in [1.54, 1.807) is 0 Å². The molecule has 17 heavy (non-hydrogen) atoms. The molecule has 0 aromatic carbocycles. The largest absolute Gasteiger partial charge is 0.314 e. The second kappa shape index (κ2) is 5.73. The van der Waals surface area contributed by atoms with Gasteiger partial charge in [-0.3, -0.25) is 0 Å². The highest BCUT2D eigenvalue weighted by atomic mass is 14.9. The number of hydrogen-bond donors (Lipinski definition) is 1. The van der Waals surface area contributed by atoms with Gasteiger partial charge in [0.2, 0.25) is 0 Å². The van der Waals surface area contributed by atoms with Crippen LogP contribution in [0.2, 0.25) is 0 Å². The van der Waals surface area contributed by atoms with E-state index < -0.39 is 0 Å². The monoisotopic (exact) mass is 237 g/mol. The first-order chi connectivity index (χ1) is 8.14. The maximum Gasteiger partial charge on any atom is 0.0178 e. The lowest BCUT2D eigenvalue weighted by molar-refractivity contribution is 0.137. The van der Waals surface area contributed by atoms with Crippen molar-refractivity contribution >= 4 is 0 Å². The summed E-state index contributed by atoms with van der Waals surface area (Å²) >= 11 is 0. The molecule has 0 aromatic heterocycles. The number of nitrogens with one attached hydrogen (secondary N) is 1. The molecule has 0 heterocycles. The molecule has 0 bridgehead atoms. The predicted molar refractivity (Wildman–Crippen MR) is 75.2 cm³/mol. The fourth-order valence-electron chi connectivity index (χ4n) is 3.72. The predicted octanol–water partition coefficient (Wildman–Crippen LogP) is 4.37. The van der Waals surface area contributed by atoms with Crippen LogP contribution in [-0.2, 0) is 0 Å². The summed E-state index contributed by atoms with van der Waals surface area (Å²) < 4.78 is 0. The first kappa shape index (κ1) is 13.4. The lowest BCUT2D eigenvalue weighted by atomic mass is 9.69. The van der Waals surface area contributed by atoms with Gasteiger partial charge in [-0.15, -0.1) is 0 Å². The number of hydrogen-bond acceptors (Lipinski definition) is 1. The molecule has 2 saturated carbocycles. The van der Waals surface area contributed by atoms with E-state index in [0.717, 1.165) is 17.8 Å². The van der Waals surface area contributed by atoms with E-state index in [-0.39, 0.29) is 0 Å². The average Bonchev–Trinajstić information content (AvgIpc) is 2.27. The van der Waals surface area contributed by atoms with Crippen LogP contribution >= 0.6 is 0 Å². The van der Waals surface area contributed by atoms with Crippen LogP contribution in [0.15, 0.2) is 0 Å². The maximum absolute atomic E-state index is 3.67. The molecule has 1 N–H and O–H groups in total. The normalized spacial score (nSPS) is 34.1. The molecule has 2 aliphatic rings. The SMILES string of the molecule is CNC(C)(CCC1CCC1)C1CCC(C)CC1. The lowest BCUT2D eigenvalue weighted by Gasteiger charge is -2.42. The first-order valence-corrected chi connectivity index (χ1v) is 7.83. The highest BCUT2D eigenvalue weighted by molar-refractivity contribution is 4.92. The Kier molecular flexibility index (Phi) is 4.52. The second-order valence-corrected chi connectivity index (χ2v) is 6.96. The van der Waals surface area contributed by atoms with Crippen molar-refractivity contribution in [3.63, 3.8) is 0 Å². The van der Waals surface area contributed by atoms with Gasteiger partial charge in [0, 0.05) is 5.54 Å². The van der Waals surface area contributed by atoms with E-state index in [9.17, 15) is 0 Å². The second-order valence-electron chi connectivity index (χ2n) is 6.96. The molecule has 0 saturated heterocycles. The van der Waals surface area contributed by atoms with Crippen molar-refractivity contribution in [2.24, 2.45) is 17.8 Å². The summed E-state index contributed by atoms with van der Waals surface area (Å²) in [5.41, 5.74) is 0.412. The van der Waals surface area contributed by atoms with E-state index >= 15 is 0 Å². The molecule has 0 aliphatic heterocycles. The van der Waals surface area contributed by atoms with E-state index in [1.807, 2.05) is 0 Å². The van der Waals surface area contributed by atoms with Crippen LogP contribution in [0.1, 0.15) is 71.6 Å². The Morgan fingerprint density at radius 1 is 1.06 bits per heavy atom. The Balaban J connectivity index is 1.83. The fraction of sp³-hybridized carbons (Fsp3) is 1.00. The summed E-state index contributed by atoms with van der Waals surface area (Å²) in [5.74, 6) is 2.95. The van der Waals surface area contributed by atoms with E-state index in [0.29, 0.717) is 5.54 Å². The van der Waals surface area contributed by atoms with E-state index in [1.165, 1.54) is 57.8 Å². The third kappa shape index (κ3) is 3.24. The third-order valence-electron chi connectivity index (χ3n) is 5.78. The molecular formula is C16H31N. The average molecular weight is 237 g/mol. The molecule has 1 atom stereocenters. The van der Waals surface area contributed by atoms with Crippen molar-refractivity contribution in [2.45, 2.75) is 77.2 Å². The summed E-state index contributed by atoms with van der Waals surface area (Å²) in [6.07, 6.45) is 13.1. The van der Waals surface area contributed by atoms with E-state index in [2.05, 4.69) is 26.2 Å². The first-order valence-electron chi connectivity index (χ1n) is 7.83. The molecule has 0 amide bonds. The smallest absolute Gasteiger partial charge is 0.0178 e. The van der Waals surface area contributed by atoms with Crippen molar-refractivity contribution in [3.05, 3.63) is 0 Å². The Labute approximate surface area is 108 Å². The minimum Gasteiger partial charge on any atom is -0.314 e. The zero-order valence-electron chi connectivity index (χ0n) is 12.1. The number of rotatable bonds is 5. The van der Waals surface area contributed by atoms with Crippen molar-refractivity contribution in [3.8, 4) is 0 Å². The van der Waals surface area contributed by atoms with Gasteiger partial charge in [-0.25, -0.2) is 0 Å². The van der Waals surface area contributed by atoms with Crippen LogP contribution in [-0.4, -0.2) is 12.6 Å². The minimum atomic E-state index is 0.412. The summed E-state index contributed by atoms with van der Waals surface area (Å²) in [6.45, 7) is 4.90. The van der Waals surface area contributed by atoms with Crippen molar-refractivity contribution in [1.29, 1.82) is 0 Å². The van der Waals surface area contributed by atoms with Gasteiger partial charge in [0.1, 0.15) is 0 Å². The lowest BCUT2D eigenvalue weighted by Crippen LogP contribution is -2.48. The molecule has 0 radical (unpaired) electrons. The van der Waals surface area contributed by atoms with Gasteiger partial charge in [0.25, 0.3) is 0 Å². The standard InChI is InChI=1S/C16H31N/c1-13-7-9-15(10-8-13)16(2,17-3)12-11-14-5-4-6-14/h13-15,17H,4-12H2,1-3H3. The highest BCUT2D eigenvalue weighted by Gasteiger charge is 2.35. The summed E-state index contributed by atoms with van der Waals surface area (Å²) in [4.78, 5) is 0. The molecule has 0 spiro atoms. The van der Waals surface area contributed by atoms with E-state index in [4.69, 9.17) is 0 Å². The molecule has 100 valence electrons. The third-order valence-corrected chi connectivity index (χ3v) is 5.78. The zero-order valence-corrected chi connectivity index (χ0v) is 12.1. The Hall–Kier alpha value is -0.0400. The Morgan fingerprint density at radius 2 is 1.71 bits per heavy atom. The molecule has 1 nitrogen and oxygen atoms in total. The highest BCUT2D eigenvalue weighted by Crippen LogP contribution is 2.40. The van der Waals surface area contributed by atoms with Crippen LogP contribution in [0.5, 0.6) is 0 Å². The van der Waals surface area contributed by atoms with Gasteiger partial charge in [-0.2, -0.15) is 0 Å². The Bertz CT molecular complexity index is 226. The van der Waals surface area contributed by atoms with Crippen LogP contribution in [0.25, 0.3) is 0 Å². The van der Waals surface area contributed by atoms with Crippen molar-refractivity contribution in [2.75, 3.05) is 7.05 Å². The molecular weight excluding hydrogens is 206 g/mol. The topological polar surface area (TPSA) is 12.0 Å². The van der Waals surface area contributed by atoms with Crippen molar-refractivity contribution in [1.82, 2.24) is 5.32 Å². The van der Waals surface area contributed by atoms with Crippen LogP contribution in [0, 0.1) is 17.8 Å². The molecule has 0 aromatic rings. The van der Waals surface area contributed by atoms with Crippen LogP contribution in [0.4, 0.5) is 0 Å². The summed E-state index contributed by atoms with van der Waals surface area (Å²) in [6, 6.07) is 0. The van der Waals surface area contributed by atoms with Gasteiger partial charge in [0.15, 0.2) is 0 Å². The molecule has 2 aliphatic carbocycles. The van der Waals surface area contributed by atoms with Crippen LogP contribution in [0.3, 0.4) is 0 Å². The molecule has 1 heteroatoms. The molecule has 2 rings (SSSR count). The quantitative estimate of drug-likeness (QED) is 0.748. The van der Waals surface area contributed by atoms with Gasteiger partial charge in [-0.1, -0.05) is 39.0 Å². The molecule has 2 fully saturated rings. The Morgan fingerprint density at radius 3 is 2.18 bits per heavy atom. The van der Waals surface area contributed by atoms with Crippen LogP contribution < -0.4 is 5.32 Å². The van der Waals surface area contributed by atoms with Gasteiger partial charge < -0.3 is 5.32 Å².